The second-order valence-electron chi connectivity index (χ2n) is 4.25. The molecule has 2 aromatic rings. The Morgan fingerprint density at radius 1 is 1.11 bits per heavy atom. The average molecular weight is 242 g/mol. The smallest absolute Gasteiger partial charge is 0.118 e. The summed E-state index contributed by atoms with van der Waals surface area (Å²) in [5.41, 5.74) is 3.76. The first-order chi connectivity index (χ1) is 8.79. The molecule has 1 aromatic carbocycles. The molecular weight excluding hydrogens is 224 g/mol. The van der Waals surface area contributed by atoms with Crippen LogP contribution in [0.25, 0.3) is 0 Å². The van der Waals surface area contributed by atoms with Gasteiger partial charge in [-0.2, -0.15) is 0 Å². The monoisotopic (exact) mass is 242 g/mol. The van der Waals surface area contributed by atoms with Gasteiger partial charge < -0.3 is 10.1 Å². The highest BCUT2D eigenvalue weighted by atomic mass is 16.5. The van der Waals surface area contributed by atoms with Crippen LogP contribution < -0.4 is 10.1 Å². The first kappa shape index (κ1) is 12.6. The van der Waals surface area contributed by atoms with Gasteiger partial charge >= 0.3 is 0 Å². The first-order valence-corrected chi connectivity index (χ1v) is 6.03. The first-order valence-electron chi connectivity index (χ1n) is 6.03. The van der Waals surface area contributed by atoms with Crippen LogP contribution in [0.5, 0.6) is 5.75 Å². The van der Waals surface area contributed by atoms with Crippen molar-refractivity contribution in [3.63, 3.8) is 0 Å². The van der Waals surface area contributed by atoms with Crippen molar-refractivity contribution in [1.82, 2.24) is 10.3 Å². The minimum Gasteiger partial charge on any atom is -0.497 e. The van der Waals surface area contributed by atoms with Crippen LogP contribution in [0.2, 0.25) is 0 Å². The normalized spacial score (nSPS) is 10.3. The lowest BCUT2D eigenvalue weighted by Gasteiger charge is -2.07. The zero-order valence-corrected chi connectivity index (χ0v) is 10.8. The van der Waals surface area contributed by atoms with E-state index in [0.29, 0.717) is 0 Å². The quantitative estimate of drug-likeness (QED) is 0.875. The minimum absolute atomic E-state index is 0.839. The fourth-order valence-corrected chi connectivity index (χ4v) is 1.77. The van der Waals surface area contributed by atoms with E-state index in [0.717, 1.165) is 18.8 Å². The molecule has 18 heavy (non-hydrogen) atoms. The standard InChI is InChI=1S/C15H18N2O/c1-12-7-8-16-10-14(12)11-17-9-13-3-5-15(18-2)6-4-13/h3-8,10,17H,9,11H2,1-2H3. The summed E-state index contributed by atoms with van der Waals surface area (Å²) >= 11 is 0. The molecule has 0 amide bonds. The highest BCUT2D eigenvalue weighted by molar-refractivity contribution is 5.27. The predicted octanol–water partition coefficient (Wildman–Crippen LogP) is 2.69. The maximum atomic E-state index is 5.13. The number of hydrogen-bond donors (Lipinski definition) is 1. The molecule has 0 radical (unpaired) electrons. The Morgan fingerprint density at radius 3 is 2.56 bits per heavy atom. The van der Waals surface area contributed by atoms with Crippen molar-refractivity contribution < 1.29 is 4.74 Å². The summed E-state index contributed by atoms with van der Waals surface area (Å²) in [7, 11) is 1.68. The molecule has 0 fully saturated rings. The van der Waals surface area contributed by atoms with Crippen molar-refractivity contribution in [3.8, 4) is 5.75 Å². The van der Waals surface area contributed by atoms with Gasteiger partial charge in [0.25, 0.3) is 0 Å². The number of nitrogens with one attached hydrogen (secondary N) is 1. The molecule has 1 aromatic heterocycles. The number of nitrogens with zero attached hydrogens (tertiary/aromatic N) is 1. The lowest BCUT2D eigenvalue weighted by atomic mass is 10.1. The second-order valence-corrected chi connectivity index (χ2v) is 4.25. The molecule has 1 heterocycles. The molecule has 3 nitrogen and oxygen atoms in total. The van der Waals surface area contributed by atoms with E-state index >= 15 is 0 Å². The summed E-state index contributed by atoms with van der Waals surface area (Å²) in [6.45, 7) is 3.79. The number of rotatable bonds is 5. The fraction of sp³-hybridized carbons (Fsp3) is 0.267. The van der Waals surface area contributed by atoms with Crippen molar-refractivity contribution in [2.24, 2.45) is 0 Å². The van der Waals surface area contributed by atoms with Crippen LogP contribution in [0, 0.1) is 6.92 Å². The van der Waals surface area contributed by atoms with Crippen LogP contribution in [0.15, 0.2) is 42.7 Å². The van der Waals surface area contributed by atoms with E-state index in [2.05, 4.69) is 29.4 Å². The third-order valence-corrected chi connectivity index (χ3v) is 2.95. The average Bonchev–Trinajstić information content (AvgIpc) is 2.42. The van der Waals surface area contributed by atoms with Gasteiger partial charge in [-0.05, 0) is 41.8 Å². The van der Waals surface area contributed by atoms with Crippen molar-refractivity contribution >= 4 is 0 Å². The molecule has 0 atom stereocenters. The number of aromatic nitrogens is 1. The van der Waals surface area contributed by atoms with Gasteiger partial charge in [0.05, 0.1) is 7.11 Å². The number of aryl methyl sites for hydroxylation is 1. The number of methoxy groups -OCH3 is 1. The summed E-state index contributed by atoms with van der Waals surface area (Å²) in [5, 5.41) is 3.42. The Kier molecular flexibility index (Phi) is 4.31. The molecule has 3 heteroatoms. The number of benzene rings is 1. The third-order valence-electron chi connectivity index (χ3n) is 2.95. The van der Waals surface area contributed by atoms with Gasteiger partial charge in [0.2, 0.25) is 0 Å². The molecular formula is C15H18N2O. The molecule has 0 aliphatic heterocycles. The molecule has 0 saturated carbocycles. The highest BCUT2D eigenvalue weighted by Crippen LogP contribution is 2.11. The lowest BCUT2D eigenvalue weighted by Crippen LogP contribution is -2.13. The topological polar surface area (TPSA) is 34.1 Å². The summed E-state index contributed by atoms with van der Waals surface area (Å²) in [5.74, 6) is 0.891. The van der Waals surface area contributed by atoms with E-state index in [-0.39, 0.29) is 0 Å². The maximum Gasteiger partial charge on any atom is 0.118 e. The van der Waals surface area contributed by atoms with Crippen LogP contribution in [-0.4, -0.2) is 12.1 Å². The summed E-state index contributed by atoms with van der Waals surface area (Å²) < 4.78 is 5.13. The van der Waals surface area contributed by atoms with Gasteiger partial charge in [0, 0.05) is 25.5 Å². The number of hydrogen-bond acceptors (Lipinski definition) is 3. The van der Waals surface area contributed by atoms with E-state index in [4.69, 9.17) is 4.74 Å². The Balaban J connectivity index is 1.86. The Bertz CT molecular complexity index is 494. The second kappa shape index (κ2) is 6.17. The molecule has 0 saturated heterocycles. The molecule has 0 unspecified atom stereocenters. The minimum atomic E-state index is 0.839. The summed E-state index contributed by atoms with van der Waals surface area (Å²) in [4.78, 5) is 4.14. The Morgan fingerprint density at radius 2 is 1.89 bits per heavy atom. The van der Waals surface area contributed by atoms with Crippen LogP contribution in [0.3, 0.4) is 0 Å². The van der Waals surface area contributed by atoms with Gasteiger partial charge in [-0.15, -0.1) is 0 Å². The zero-order valence-electron chi connectivity index (χ0n) is 10.8. The molecule has 1 N–H and O–H groups in total. The van der Waals surface area contributed by atoms with E-state index in [1.54, 1.807) is 7.11 Å². The van der Waals surface area contributed by atoms with Crippen LogP contribution >= 0.6 is 0 Å². The number of pyridine rings is 1. The van der Waals surface area contributed by atoms with Crippen molar-refractivity contribution in [3.05, 3.63) is 59.4 Å². The highest BCUT2D eigenvalue weighted by Gasteiger charge is 1.98. The van der Waals surface area contributed by atoms with Crippen LogP contribution in [-0.2, 0) is 13.1 Å². The SMILES string of the molecule is COc1ccc(CNCc2cnccc2C)cc1. The largest absolute Gasteiger partial charge is 0.497 e. The van der Waals surface area contributed by atoms with Gasteiger partial charge in [0.1, 0.15) is 5.75 Å². The Labute approximate surface area is 108 Å². The molecule has 0 aliphatic carbocycles. The number of ether oxygens (including phenoxy) is 1. The van der Waals surface area contributed by atoms with E-state index < -0.39 is 0 Å². The fourth-order valence-electron chi connectivity index (χ4n) is 1.77. The third kappa shape index (κ3) is 3.31. The van der Waals surface area contributed by atoms with Gasteiger partial charge in [-0.1, -0.05) is 12.1 Å². The van der Waals surface area contributed by atoms with Gasteiger partial charge in [-0.3, -0.25) is 4.98 Å². The van der Waals surface area contributed by atoms with E-state index in [9.17, 15) is 0 Å². The van der Waals surface area contributed by atoms with Gasteiger partial charge in [-0.25, -0.2) is 0 Å². The zero-order chi connectivity index (χ0) is 12.8. The predicted molar refractivity (Wildman–Crippen MR) is 72.5 cm³/mol. The van der Waals surface area contributed by atoms with Crippen LogP contribution in [0.1, 0.15) is 16.7 Å². The van der Waals surface area contributed by atoms with Crippen molar-refractivity contribution in [2.45, 2.75) is 20.0 Å². The molecule has 94 valence electrons. The van der Waals surface area contributed by atoms with Crippen molar-refractivity contribution in [1.29, 1.82) is 0 Å². The summed E-state index contributed by atoms with van der Waals surface area (Å²) in [6.07, 6.45) is 3.73. The van der Waals surface area contributed by atoms with Crippen LogP contribution in [0.4, 0.5) is 0 Å². The Hall–Kier alpha value is -1.87. The van der Waals surface area contributed by atoms with E-state index in [1.165, 1.54) is 16.7 Å². The maximum absolute atomic E-state index is 5.13. The molecule has 2 rings (SSSR count). The lowest BCUT2D eigenvalue weighted by molar-refractivity contribution is 0.414. The molecule has 0 aliphatic rings. The summed E-state index contributed by atoms with van der Waals surface area (Å²) in [6, 6.07) is 10.1. The van der Waals surface area contributed by atoms with Crippen molar-refractivity contribution in [2.75, 3.05) is 7.11 Å². The van der Waals surface area contributed by atoms with E-state index in [1.807, 2.05) is 30.6 Å². The van der Waals surface area contributed by atoms with Gasteiger partial charge in [0.15, 0.2) is 0 Å². The molecule has 0 bridgehead atoms. The molecule has 0 spiro atoms.